The molecule has 2 atom stereocenters. The van der Waals surface area contributed by atoms with Crippen molar-refractivity contribution < 1.29 is 0 Å². The number of hydrogen-bond acceptors (Lipinski definition) is 3. The topological polar surface area (TPSA) is 38.9 Å². The van der Waals surface area contributed by atoms with E-state index in [0.717, 1.165) is 18.1 Å². The monoisotopic (exact) mass is 250 g/mol. The highest BCUT2D eigenvalue weighted by atomic mass is 32.2. The highest BCUT2D eigenvalue weighted by Gasteiger charge is 2.28. The lowest BCUT2D eigenvalue weighted by atomic mass is 9.99. The van der Waals surface area contributed by atoms with Crippen LogP contribution in [0.2, 0.25) is 0 Å². The van der Waals surface area contributed by atoms with Crippen LogP contribution in [0.4, 0.5) is 0 Å². The fourth-order valence-electron chi connectivity index (χ4n) is 2.42. The Morgan fingerprint density at radius 1 is 1.47 bits per heavy atom. The zero-order chi connectivity index (χ0) is 12.3. The Kier molecular flexibility index (Phi) is 4.46. The summed E-state index contributed by atoms with van der Waals surface area (Å²) in [7, 11) is 0. The molecule has 1 aliphatic rings. The summed E-state index contributed by atoms with van der Waals surface area (Å²) in [5.41, 5.74) is 8.98. The number of aromatic nitrogens is 1. The van der Waals surface area contributed by atoms with Gasteiger partial charge in [-0.1, -0.05) is 19.9 Å². The number of fused-ring (bicyclic) bond motifs is 1. The molecule has 2 nitrogen and oxygen atoms in total. The molecule has 0 aromatic carbocycles. The normalized spacial score (nSPS) is 20.6. The van der Waals surface area contributed by atoms with Crippen LogP contribution in [0.25, 0.3) is 0 Å². The zero-order valence-electron chi connectivity index (χ0n) is 10.7. The lowest BCUT2D eigenvalue weighted by Crippen LogP contribution is -2.30. The van der Waals surface area contributed by atoms with Gasteiger partial charge in [-0.2, -0.15) is 11.8 Å². The van der Waals surface area contributed by atoms with Crippen LogP contribution in [0.15, 0.2) is 18.3 Å². The number of rotatable bonds is 5. The SMILES string of the molecule is CC(C)CSCC(N)C1CCc2cccnc21. The van der Waals surface area contributed by atoms with E-state index in [9.17, 15) is 0 Å². The van der Waals surface area contributed by atoms with Crippen molar-refractivity contribution >= 4 is 11.8 Å². The maximum absolute atomic E-state index is 6.32. The summed E-state index contributed by atoms with van der Waals surface area (Å²) < 4.78 is 0. The Labute approximate surface area is 108 Å². The van der Waals surface area contributed by atoms with Gasteiger partial charge in [-0.15, -0.1) is 0 Å². The average Bonchev–Trinajstić information content (AvgIpc) is 2.72. The van der Waals surface area contributed by atoms with Crippen molar-refractivity contribution in [1.29, 1.82) is 0 Å². The van der Waals surface area contributed by atoms with Gasteiger partial charge >= 0.3 is 0 Å². The first-order valence-corrected chi connectivity index (χ1v) is 7.61. The Morgan fingerprint density at radius 3 is 3.06 bits per heavy atom. The number of pyridine rings is 1. The maximum atomic E-state index is 6.32. The van der Waals surface area contributed by atoms with Crippen molar-refractivity contribution in [3.8, 4) is 0 Å². The van der Waals surface area contributed by atoms with E-state index < -0.39 is 0 Å². The van der Waals surface area contributed by atoms with Crippen molar-refractivity contribution in [1.82, 2.24) is 4.98 Å². The molecule has 3 heteroatoms. The van der Waals surface area contributed by atoms with Gasteiger partial charge in [0.15, 0.2) is 0 Å². The van der Waals surface area contributed by atoms with E-state index in [1.165, 1.54) is 23.4 Å². The molecular formula is C14H22N2S. The first-order chi connectivity index (χ1) is 8.18. The van der Waals surface area contributed by atoms with Gasteiger partial charge < -0.3 is 5.73 Å². The van der Waals surface area contributed by atoms with Gasteiger partial charge in [-0.05, 0) is 36.1 Å². The van der Waals surface area contributed by atoms with Crippen molar-refractivity contribution in [2.45, 2.75) is 38.6 Å². The molecule has 0 fully saturated rings. The largest absolute Gasteiger partial charge is 0.326 e. The Bertz CT molecular complexity index is 365. The van der Waals surface area contributed by atoms with E-state index in [4.69, 9.17) is 5.73 Å². The Morgan fingerprint density at radius 2 is 2.29 bits per heavy atom. The van der Waals surface area contributed by atoms with Gasteiger partial charge in [0.2, 0.25) is 0 Å². The number of aryl methyl sites for hydroxylation is 1. The molecule has 0 bridgehead atoms. The first kappa shape index (κ1) is 12.9. The van der Waals surface area contributed by atoms with E-state index in [1.807, 2.05) is 24.0 Å². The van der Waals surface area contributed by atoms with Crippen molar-refractivity contribution in [2.24, 2.45) is 11.7 Å². The molecule has 1 aromatic heterocycles. The third-order valence-electron chi connectivity index (χ3n) is 3.28. The summed E-state index contributed by atoms with van der Waals surface area (Å²) in [6.45, 7) is 4.51. The van der Waals surface area contributed by atoms with Crippen LogP contribution in [-0.4, -0.2) is 22.5 Å². The molecule has 0 radical (unpaired) electrons. The summed E-state index contributed by atoms with van der Waals surface area (Å²) in [6.07, 6.45) is 4.22. The molecule has 0 spiro atoms. The van der Waals surface area contributed by atoms with E-state index in [2.05, 4.69) is 24.9 Å². The summed E-state index contributed by atoms with van der Waals surface area (Å²) in [5, 5.41) is 0. The van der Waals surface area contributed by atoms with E-state index in [-0.39, 0.29) is 6.04 Å². The fourth-order valence-corrected chi connectivity index (χ4v) is 3.53. The highest BCUT2D eigenvalue weighted by Crippen LogP contribution is 2.33. The van der Waals surface area contributed by atoms with Crippen LogP contribution in [0.3, 0.4) is 0 Å². The predicted molar refractivity (Wildman–Crippen MR) is 75.4 cm³/mol. The second kappa shape index (κ2) is 5.87. The molecule has 1 aromatic rings. The molecule has 94 valence electrons. The Hall–Kier alpha value is -0.540. The number of hydrogen-bond donors (Lipinski definition) is 1. The van der Waals surface area contributed by atoms with Gasteiger partial charge in [-0.3, -0.25) is 4.98 Å². The number of nitrogens with two attached hydrogens (primary N) is 1. The molecule has 0 saturated carbocycles. The van der Waals surface area contributed by atoms with E-state index >= 15 is 0 Å². The minimum absolute atomic E-state index is 0.259. The molecule has 1 heterocycles. The van der Waals surface area contributed by atoms with Crippen molar-refractivity contribution in [3.63, 3.8) is 0 Å². The second-order valence-electron chi connectivity index (χ2n) is 5.29. The minimum atomic E-state index is 0.259. The first-order valence-electron chi connectivity index (χ1n) is 6.45. The molecule has 1 aliphatic carbocycles. The molecule has 17 heavy (non-hydrogen) atoms. The fraction of sp³-hybridized carbons (Fsp3) is 0.643. The van der Waals surface area contributed by atoms with Crippen LogP contribution < -0.4 is 5.73 Å². The van der Waals surface area contributed by atoms with E-state index in [1.54, 1.807) is 0 Å². The van der Waals surface area contributed by atoms with Crippen molar-refractivity contribution in [2.75, 3.05) is 11.5 Å². The predicted octanol–water partition coefficient (Wildman–Crippen LogP) is 2.83. The molecular weight excluding hydrogens is 228 g/mol. The summed E-state index contributed by atoms with van der Waals surface area (Å²) in [6, 6.07) is 4.48. The zero-order valence-corrected chi connectivity index (χ0v) is 11.5. The third kappa shape index (κ3) is 3.23. The van der Waals surface area contributed by atoms with Gasteiger partial charge in [-0.25, -0.2) is 0 Å². The molecule has 0 amide bonds. The van der Waals surface area contributed by atoms with Crippen LogP contribution in [-0.2, 0) is 6.42 Å². The summed E-state index contributed by atoms with van der Waals surface area (Å²) in [5.74, 6) is 3.49. The summed E-state index contributed by atoms with van der Waals surface area (Å²) >= 11 is 1.98. The molecule has 0 aliphatic heterocycles. The molecule has 2 unspecified atom stereocenters. The quantitative estimate of drug-likeness (QED) is 0.873. The second-order valence-corrected chi connectivity index (χ2v) is 6.36. The standard InChI is InChI=1S/C14H22N2S/c1-10(2)8-17-9-13(15)12-6-5-11-4-3-7-16-14(11)12/h3-4,7,10,12-13H,5-6,8-9,15H2,1-2H3. The molecule has 2 rings (SSSR count). The number of thioether (sulfide) groups is 1. The van der Waals surface area contributed by atoms with Crippen LogP contribution in [0.5, 0.6) is 0 Å². The maximum Gasteiger partial charge on any atom is 0.0482 e. The smallest absolute Gasteiger partial charge is 0.0482 e. The Balaban J connectivity index is 1.91. The average molecular weight is 250 g/mol. The molecule has 2 N–H and O–H groups in total. The van der Waals surface area contributed by atoms with Gasteiger partial charge in [0.1, 0.15) is 0 Å². The van der Waals surface area contributed by atoms with E-state index in [0.29, 0.717) is 5.92 Å². The minimum Gasteiger partial charge on any atom is -0.326 e. The third-order valence-corrected chi connectivity index (χ3v) is 4.80. The lowest BCUT2D eigenvalue weighted by molar-refractivity contribution is 0.560. The van der Waals surface area contributed by atoms with Crippen LogP contribution in [0.1, 0.15) is 37.4 Å². The van der Waals surface area contributed by atoms with Crippen molar-refractivity contribution in [3.05, 3.63) is 29.6 Å². The van der Waals surface area contributed by atoms with Gasteiger partial charge in [0, 0.05) is 29.6 Å². The summed E-state index contributed by atoms with van der Waals surface area (Å²) in [4.78, 5) is 4.52. The van der Waals surface area contributed by atoms with Crippen LogP contribution in [0, 0.1) is 5.92 Å². The van der Waals surface area contributed by atoms with Gasteiger partial charge in [0.25, 0.3) is 0 Å². The van der Waals surface area contributed by atoms with Crippen LogP contribution >= 0.6 is 11.8 Å². The lowest BCUT2D eigenvalue weighted by Gasteiger charge is -2.19. The molecule has 0 saturated heterocycles. The van der Waals surface area contributed by atoms with Gasteiger partial charge in [0.05, 0.1) is 0 Å². The highest BCUT2D eigenvalue weighted by molar-refractivity contribution is 7.99. The number of nitrogens with zero attached hydrogens (tertiary/aromatic N) is 1.